The molecular formula is C16H32N2O. The van der Waals surface area contributed by atoms with E-state index in [0.29, 0.717) is 17.9 Å². The summed E-state index contributed by atoms with van der Waals surface area (Å²) in [7, 11) is 2.12. The van der Waals surface area contributed by atoms with Crippen LogP contribution in [0.1, 0.15) is 60.8 Å². The van der Waals surface area contributed by atoms with Gasteiger partial charge in [0.1, 0.15) is 5.66 Å². The standard InChI is InChI=1S/C16H32N2O/c1-12(2)15(19)16(17(7)13(3)4)10-8-9-11-18(16)14(5)6/h12-14H,8-11H2,1-7H3. The lowest BCUT2D eigenvalue weighted by atomic mass is 9.83. The summed E-state index contributed by atoms with van der Waals surface area (Å²) in [5.74, 6) is 0.470. The van der Waals surface area contributed by atoms with Crippen molar-refractivity contribution < 1.29 is 4.79 Å². The van der Waals surface area contributed by atoms with Gasteiger partial charge < -0.3 is 0 Å². The van der Waals surface area contributed by atoms with Crippen LogP contribution < -0.4 is 0 Å². The van der Waals surface area contributed by atoms with E-state index in [1.54, 1.807) is 0 Å². The number of rotatable bonds is 5. The van der Waals surface area contributed by atoms with Crippen LogP contribution in [0.3, 0.4) is 0 Å². The van der Waals surface area contributed by atoms with E-state index in [1.165, 1.54) is 6.42 Å². The predicted octanol–water partition coefficient (Wildman–Crippen LogP) is 3.14. The SMILES string of the molecule is CC(C)C(=O)C1(N(C)C(C)C)CCCCN1C(C)C. The highest BCUT2D eigenvalue weighted by Gasteiger charge is 2.50. The molecule has 1 rings (SSSR count). The van der Waals surface area contributed by atoms with Gasteiger partial charge in [0.05, 0.1) is 0 Å². The highest BCUT2D eigenvalue weighted by atomic mass is 16.1. The van der Waals surface area contributed by atoms with Gasteiger partial charge in [0.15, 0.2) is 5.78 Å². The van der Waals surface area contributed by atoms with E-state index in [4.69, 9.17) is 0 Å². The number of nitrogens with zero attached hydrogens (tertiary/aromatic N) is 2. The lowest BCUT2D eigenvalue weighted by Gasteiger charge is -2.54. The molecule has 1 atom stereocenters. The molecular weight excluding hydrogens is 236 g/mol. The predicted molar refractivity (Wildman–Crippen MR) is 81.2 cm³/mol. The van der Waals surface area contributed by atoms with Crippen LogP contribution in [0.15, 0.2) is 0 Å². The summed E-state index contributed by atoms with van der Waals surface area (Å²) in [6, 6.07) is 0.784. The Kier molecular flexibility index (Phi) is 5.57. The Bertz CT molecular complexity index is 312. The third-order valence-electron chi connectivity index (χ3n) is 4.55. The number of likely N-dealkylation sites (tertiary alicyclic amines) is 1. The van der Waals surface area contributed by atoms with Crippen molar-refractivity contribution in [3.63, 3.8) is 0 Å². The molecule has 0 saturated carbocycles. The van der Waals surface area contributed by atoms with Crippen molar-refractivity contribution in [3.8, 4) is 0 Å². The summed E-state index contributed by atoms with van der Waals surface area (Å²) in [5.41, 5.74) is -0.394. The Morgan fingerprint density at radius 2 is 1.68 bits per heavy atom. The van der Waals surface area contributed by atoms with Crippen molar-refractivity contribution in [2.75, 3.05) is 13.6 Å². The zero-order chi connectivity index (χ0) is 14.8. The molecule has 0 N–H and O–H groups in total. The van der Waals surface area contributed by atoms with Crippen LogP contribution in [0.4, 0.5) is 0 Å². The molecule has 0 amide bonds. The Morgan fingerprint density at radius 1 is 1.11 bits per heavy atom. The number of piperidine rings is 1. The molecule has 3 nitrogen and oxygen atoms in total. The average Bonchev–Trinajstić information content (AvgIpc) is 2.36. The van der Waals surface area contributed by atoms with Crippen LogP contribution >= 0.6 is 0 Å². The second kappa shape index (κ2) is 6.36. The molecule has 1 aliphatic heterocycles. The van der Waals surface area contributed by atoms with Gasteiger partial charge >= 0.3 is 0 Å². The lowest BCUT2D eigenvalue weighted by molar-refractivity contribution is -0.160. The van der Waals surface area contributed by atoms with E-state index < -0.39 is 5.66 Å². The van der Waals surface area contributed by atoms with Crippen molar-refractivity contribution >= 4 is 5.78 Å². The molecule has 0 bridgehead atoms. The van der Waals surface area contributed by atoms with Crippen molar-refractivity contribution in [2.24, 2.45) is 5.92 Å². The number of hydrogen-bond donors (Lipinski definition) is 0. The topological polar surface area (TPSA) is 23.6 Å². The fourth-order valence-electron chi connectivity index (χ4n) is 3.37. The summed E-state index contributed by atoms with van der Waals surface area (Å²) in [6.07, 6.45) is 3.33. The number of hydrogen-bond acceptors (Lipinski definition) is 3. The summed E-state index contributed by atoms with van der Waals surface area (Å²) in [5, 5.41) is 0. The maximum atomic E-state index is 13.0. The van der Waals surface area contributed by atoms with Crippen LogP contribution in [-0.2, 0) is 4.79 Å². The number of Topliss-reactive ketones (excluding diaryl/α,β-unsaturated/α-hetero) is 1. The molecule has 1 saturated heterocycles. The van der Waals surface area contributed by atoms with Gasteiger partial charge in [0, 0.05) is 24.5 Å². The van der Waals surface area contributed by atoms with E-state index in [2.05, 4.69) is 44.5 Å². The highest BCUT2D eigenvalue weighted by molar-refractivity contribution is 5.89. The molecule has 0 spiro atoms. The molecule has 0 aromatic carbocycles. The molecule has 1 heterocycles. The Balaban J connectivity index is 3.26. The van der Waals surface area contributed by atoms with E-state index in [1.807, 2.05) is 13.8 Å². The zero-order valence-corrected chi connectivity index (χ0v) is 13.9. The second-order valence-electron chi connectivity index (χ2n) is 6.78. The van der Waals surface area contributed by atoms with E-state index >= 15 is 0 Å². The van der Waals surface area contributed by atoms with Crippen LogP contribution in [0, 0.1) is 5.92 Å². The van der Waals surface area contributed by atoms with E-state index in [-0.39, 0.29) is 5.92 Å². The van der Waals surface area contributed by atoms with Crippen molar-refractivity contribution in [2.45, 2.75) is 78.6 Å². The molecule has 0 radical (unpaired) electrons. The monoisotopic (exact) mass is 268 g/mol. The fourth-order valence-corrected chi connectivity index (χ4v) is 3.37. The van der Waals surface area contributed by atoms with Gasteiger partial charge in [-0.1, -0.05) is 13.8 Å². The van der Waals surface area contributed by atoms with Crippen molar-refractivity contribution in [1.82, 2.24) is 9.80 Å². The third-order valence-corrected chi connectivity index (χ3v) is 4.55. The number of carbonyl (C=O) groups excluding carboxylic acids is 1. The maximum Gasteiger partial charge on any atom is 0.170 e. The molecule has 19 heavy (non-hydrogen) atoms. The maximum absolute atomic E-state index is 13.0. The van der Waals surface area contributed by atoms with Gasteiger partial charge in [0.25, 0.3) is 0 Å². The molecule has 0 aliphatic carbocycles. The third kappa shape index (κ3) is 3.03. The molecule has 1 aliphatic rings. The summed E-state index contributed by atoms with van der Waals surface area (Å²) in [4.78, 5) is 17.7. The summed E-state index contributed by atoms with van der Waals surface area (Å²) < 4.78 is 0. The minimum atomic E-state index is -0.394. The zero-order valence-electron chi connectivity index (χ0n) is 13.9. The first-order valence-electron chi connectivity index (χ1n) is 7.79. The van der Waals surface area contributed by atoms with Crippen molar-refractivity contribution in [3.05, 3.63) is 0 Å². The number of ketones is 1. The molecule has 112 valence electrons. The minimum Gasteiger partial charge on any atom is -0.296 e. The quantitative estimate of drug-likeness (QED) is 0.765. The van der Waals surface area contributed by atoms with Gasteiger partial charge in [-0.2, -0.15) is 0 Å². The molecule has 1 unspecified atom stereocenters. The largest absolute Gasteiger partial charge is 0.296 e. The van der Waals surface area contributed by atoms with Gasteiger partial charge in [-0.3, -0.25) is 14.6 Å². The molecule has 0 aromatic heterocycles. The Morgan fingerprint density at radius 3 is 2.11 bits per heavy atom. The number of carbonyl (C=O) groups is 1. The first kappa shape index (κ1) is 16.6. The molecule has 1 fully saturated rings. The first-order chi connectivity index (χ1) is 8.75. The number of likely N-dealkylation sites (N-methyl/N-ethyl adjacent to an activating group) is 1. The van der Waals surface area contributed by atoms with Crippen LogP contribution in [0.25, 0.3) is 0 Å². The van der Waals surface area contributed by atoms with Gasteiger partial charge in [0.2, 0.25) is 0 Å². The van der Waals surface area contributed by atoms with E-state index in [0.717, 1.165) is 19.4 Å². The summed E-state index contributed by atoms with van der Waals surface area (Å²) >= 11 is 0. The fraction of sp³-hybridized carbons (Fsp3) is 0.938. The molecule has 3 heteroatoms. The minimum absolute atomic E-state index is 0.0838. The second-order valence-corrected chi connectivity index (χ2v) is 6.78. The lowest BCUT2D eigenvalue weighted by Crippen LogP contribution is -2.69. The van der Waals surface area contributed by atoms with Crippen LogP contribution in [-0.4, -0.2) is 46.9 Å². The highest BCUT2D eigenvalue weighted by Crippen LogP contribution is 2.36. The van der Waals surface area contributed by atoms with Crippen molar-refractivity contribution in [1.29, 1.82) is 0 Å². The first-order valence-corrected chi connectivity index (χ1v) is 7.79. The normalized spacial score (nSPS) is 25.8. The van der Waals surface area contributed by atoms with Crippen LogP contribution in [0.5, 0.6) is 0 Å². The Hall–Kier alpha value is -0.410. The average molecular weight is 268 g/mol. The molecule has 0 aromatic rings. The van der Waals surface area contributed by atoms with Crippen LogP contribution in [0.2, 0.25) is 0 Å². The van der Waals surface area contributed by atoms with E-state index in [9.17, 15) is 4.79 Å². The smallest absolute Gasteiger partial charge is 0.170 e. The van der Waals surface area contributed by atoms with Gasteiger partial charge in [-0.15, -0.1) is 0 Å². The Labute approximate surface area is 119 Å². The summed E-state index contributed by atoms with van der Waals surface area (Å²) in [6.45, 7) is 13.9. The van der Waals surface area contributed by atoms with Gasteiger partial charge in [-0.25, -0.2) is 0 Å². The van der Waals surface area contributed by atoms with Gasteiger partial charge in [-0.05, 0) is 54.0 Å².